The number of anilines is 1. The van der Waals surface area contributed by atoms with Crippen molar-refractivity contribution in [2.75, 3.05) is 5.32 Å². The molecule has 0 bridgehead atoms. The van der Waals surface area contributed by atoms with Gasteiger partial charge in [-0.15, -0.1) is 0 Å². The van der Waals surface area contributed by atoms with Crippen molar-refractivity contribution in [1.82, 2.24) is 15.1 Å². The van der Waals surface area contributed by atoms with E-state index in [1.165, 1.54) is 36.4 Å². The molecule has 0 radical (unpaired) electrons. The quantitative estimate of drug-likeness (QED) is 0.219. The van der Waals surface area contributed by atoms with Gasteiger partial charge in [-0.1, -0.05) is 54.6 Å². The van der Waals surface area contributed by atoms with Gasteiger partial charge in [0, 0.05) is 18.2 Å². The third-order valence-corrected chi connectivity index (χ3v) is 5.91. The van der Waals surface area contributed by atoms with Gasteiger partial charge in [-0.2, -0.15) is 18.3 Å². The molecule has 3 aromatic carbocycles. The summed E-state index contributed by atoms with van der Waals surface area (Å²) in [5, 5.41) is 19.1. The molecule has 0 saturated heterocycles. The number of halogens is 4. The van der Waals surface area contributed by atoms with Gasteiger partial charge in [-0.25, -0.2) is 13.9 Å². The fraction of sp³-hybridized carbons (Fsp3) is 0.233. The summed E-state index contributed by atoms with van der Waals surface area (Å²) in [5.74, 6) is -2.01. The van der Waals surface area contributed by atoms with Crippen LogP contribution in [0, 0.1) is 5.82 Å². The number of hydrogen-bond donors (Lipinski definition) is 3. The summed E-state index contributed by atoms with van der Waals surface area (Å²) in [6, 6.07) is 18.8. The maximum atomic E-state index is 15.4. The van der Waals surface area contributed by atoms with E-state index in [1.807, 2.05) is 0 Å². The molecule has 4 rings (SSSR count). The largest absolute Gasteiger partial charge is 0.444 e. The summed E-state index contributed by atoms with van der Waals surface area (Å²) in [7, 11) is 0. The third kappa shape index (κ3) is 7.32. The number of alkyl carbamates (subject to hydrolysis) is 1. The molecule has 220 valence electrons. The van der Waals surface area contributed by atoms with Crippen LogP contribution in [0.4, 0.5) is 28.0 Å². The van der Waals surface area contributed by atoms with Crippen LogP contribution >= 0.6 is 0 Å². The normalized spacial score (nSPS) is 12.5. The van der Waals surface area contributed by atoms with Crippen molar-refractivity contribution in [3.05, 3.63) is 113 Å². The Labute approximate surface area is 238 Å². The zero-order valence-electron chi connectivity index (χ0n) is 22.9. The number of aliphatic hydroxyl groups excluding tert-OH is 1. The lowest BCUT2D eigenvalue weighted by Gasteiger charge is -2.19. The number of nitrogens with zero attached hydrogens (tertiary/aromatic N) is 2. The van der Waals surface area contributed by atoms with E-state index >= 15 is 4.39 Å². The van der Waals surface area contributed by atoms with E-state index in [4.69, 9.17) is 4.74 Å². The average Bonchev–Trinajstić information content (AvgIpc) is 3.39. The lowest BCUT2D eigenvalue weighted by molar-refractivity contribution is -0.141. The molecular formula is C30H28F4N4O4. The predicted octanol–water partition coefficient (Wildman–Crippen LogP) is 6.39. The molecule has 1 aromatic heterocycles. The monoisotopic (exact) mass is 584 g/mol. The highest BCUT2D eigenvalue weighted by Gasteiger charge is 2.36. The van der Waals surface area contributed by atoms with E-state index in [9.17, 15) is 27.9 Å². The highest BCUT2D eigenvalue weighted by Crippen LogP contribution is 2.31. The lowest BCUT2D eigenvalue weighted by Crippen LogP contribution is -2.32. The molecule has 0 aliphatic carbocycles. The Bertz CT molecular complexity index is 1580. The summed E-state index contributed by atoms with van der Waals surface area (Å²) in [6.07, 6.45) is -6.91. The van der Waals surface area contributed by atoms with Crippen LogP contribution in [0.25, 0.3) is 5.69 Å². The minimum absolute atomic E-state index is 0.0145. The number of hydrogen-bond acceptors (Lipinski definition) is 5. The van der Waals surface area contributed by atoms with Crippen molar-refractivity contribution >= 4 is 17.7 Å². The molecule has 1 unspecified atom stereocenters. The van der Waals surface area contributed by atoms with Crippen molar-refractivity contribution in [3.63, 3.8) is 0 Å². The maximum absolute atomic E-state index is 15.4. The molecule has 0 aliphatic rings. The number of nitrogens with one attached hydrogen (secondary N) is 2. The first-order valence-corrected chi connectivity index (χ1v) is 12.8. The minimum atomic E-state index is -4.87. The fourth-order valence-corrected chi connectivity index (χ4v) is 4.02. The summed E-state index contributed by atoms with van der Waals surface area (Å²) >= 11 is 0. The van der Waals surface area contributed by atoms with Crippen LogP contribution in [-0.4, -0.2) is 32.5 Å². The topological polar surface area (TPSA) is 105 Å². The van der Waals surface area contributed by atoms with Gasteiger partial charge in [0.15, 0.2) is 11.5 Å². The van der Waals surface area contributed by atoms with Crippen LogP contribution in [0.1, 0.15) is 59.7 Å². The smallest absolute Gasteiger partial charge is 0.435 e. The van der Waals surface area contributed by atoms with Crippen molar-refractivity contribution in [3.8, 4) is 5.69 Å². The zero-order chi connectivity index (χ0) is 30.7. The number of benzene rings is 3. The Morgan fingerprint density at radius 2 is 1.67 bits per heavy atom. The molecule has 8 nitrogen and oxygen atoms in total. The zero-order valence-corrected chi connectivity index (χ0v) is 22.9. The molecule has 1 heterocycles. The van der Waals surface area contributed by atoms with Crippen LogP contribution in [0.15, 0.2) is 78.9 Å². The second-order valence-electron chi connectivity index (χ2n) is 10.3. The molecule has 2 amide bonds. The first-order chi connectivity index (χ1) is 19.7. The van der Waals surface area contributed by atoms with E-state index in [0.29, 0.717) is 17.2 Å². The Balaban J connectivity index is 1.63. The number of rotatable bonds is 7. The Kier molecular flexibility index (Phi) is 8.67. The van der Waals surface area contributed by atoms with E-state index in [1.54, 1.807) is 57.2 Å². The Morgan fingerprint density at radius 1 is 0.976 bits per heavy atom. The van der Waals surface area contributed by atoms with Crippen molar-refractivity contribution in [1.29, 1.82) is 0 Å². The highest BCUT2D eigenvalue weighted by molar-refractivity contribution is 6.03. The van der Waals surface area contributed by atoms with E-state index in [-0.39, 0.29) is 23.5 Å². The first-order valence-electron chi connectivity index (χ1n) is 12.8. The number of ether oxygens (including phenoxy) is 1. The van der Waals surface area contributed by atoms with Gasteiger partial charge in [0.05, 0.1) is 11.4 Å². The van der Waals surface area contributed by atoms with Crippen molar-refractivity contribution in [2.24, 2.45) is 0 Å². The molecule has 1 atom stereocenters. The van der Waals surface area contributed by atoms with Crippen molar-refractivity contribution < 1.29 is 37.0 Å². The SMILES string of the molecule is CC(C)(C)OC(=O)NCc1cccc(-n2nc(C(F)(F)F)cc2C(=O)Nc2cccc(C(O)c3ccccc3)c2F)c1. The summed E-state index contributed by atoms with van der Waals surface area (Å²) in [4.78, 5) is 25.3. The molecule has 0 fully saturated rings. The van der Waals surface area contributed by atoms with Crippen LogP contribution < -0.4 is 10.6 Å². The average molecular weight is 585 g/mol. The van der Waals surface area contributed by atoms with Crippen LogP contribution in [-0.2, 0) is 17.5 Å². The third-order valence-electron chi connectivity index (χ3n) is 5.91. The molecule has 0 aliphatic heterocycles. The molecule has 0 spiro atoms. The molecule has 42 heavy (non-hydrogen) atoms. The highest BCUT2D eigenvalue weighted by atomic mass is 19.4. The van der Waals surface area contributed by atoms with E-state index in [0.717, 1.165) is 4.68 Å². The number of aliphatic hydroxyl groups is 1. The van der Waals surface area contributed by atoms with Gasteiger partial charge in [0.1, 0.15) is 17.4 Å². The maximum Gasteiger partial charge on any atom is 0.435 e. The Morgan fingerprint density at radius 3 is 2.33 bits per heavy atom. The van der Waals surface area contributed by atoms with E-state index < -0.39 is 47.1 Å². The number of carbonyl (C=O) groups excluding carboxylic acids is 2. The fourth-order valence-electron chi connectivity index (χ4n) is 4.02. The van der Waals surface area contributed by atoms with Gasteiger partial charge in [0.25, 0.3) is 5.91 Å². The first kappa shape index (κ1) is 30.3. The van der Waals surface area contributed by atoms with Crippen LogP contribution in [0.2, 0.25) is 0 Å². The number of alkyl halides is 3. The van der Waals surface area contributed by atoms with Crippen molar-refractivity contribution in [2.45, 2.75) is 45.2 Å². The second-order valence-corrected chi connectivity index (χ2v) is 10.3. The van der Waals surface area contributed by atoms with Gasteiger partial charge in [-0.3, -0.25) is 4.79 Å². The lowest BCUT2D eigenvalue weighted by atomic mass is 10.0. The van der Waals surface area contributed by atoms with Gasteiger partial charge < -0.3 is 20.5 Å². The molecule has 3 N–H and O–H groups in total. The predicted molar refractivity (Wildman–Crippen MR) is 146 cm³/mol. The Hall–Kier alpha value is -4.71. The van der Waals surface area contributed by atoms with Crippen LogP contribution in [0.3, 0.4) is 0 Å². The summed E-state index contributed by atoms with van der Waals surface area (Å²) in [6.45, 7) is 5.08. The van der Waals surface area contributed by atoms with Gasteiger partial charge in [0.2, 0.25) is 0 Å². The summed E-state index contributed by atoms with van der Waals surface area (Å²) < 4.78 is 62.2. The van der Waals surface area contributed by atoms with E-state index in [2.05, 4.69) is 15.7 Å². The van der Waals surface area contributed by atoms with Crippen LogP contribution in [0.5, 0.6) is 0 Å². The second kappa shape index (κ2) is 12.0. The molecule has 12 heteroatoms. The molecular weight excluding hydrogens is 556 g/mol. The summed E-state index contributed by atoms with van der Waals surface area (Å²) in [5.41, 5.74) is -2.07. The van der Waals surface area contributed by atoms with Gasteiger partial charge >= 0.3 is 12.3 Å². The number of carbonyl (C=O) groups is 2. The number of aromatic nitrogens is 2. The number of amides is 2. The molecule has 4 aromatic rings. The molecule has 0 saturated carbocycles. The standard InChI is InChI=1S/C30H28F4N4O4/c1-29(2,3)42-28(41)35-17-18-9-7-12-20(15-18)38-23(16-24(37-38)30(32,33)34)27(40)36-22-14-8-13-21(25(22)31)26(39)19-10-5-4-6-11-19/h4-16,26,39H,17H2,1-3H3,(H,35,41)(H,36,40). The van der Waals surface area contributed by atoms with Gasteiger partial charge in [-0.05, 0) is 50.1 Å². The minimum Gasteiger partial charge on any atom is -0.444 e.